The highest BCUT2D eigenvalue weighted by Gasteiger charge is 2.40. The molecule has 1 unspecified atom stereocenters. The SMILES string of the molecule is COCCCC1=C(Cl)C(=O)N(c2cc(C(C)(C)C)on2)C1O. The van der Waals surface area contributed by atoms with Crippen LogP contribution in [0.3, 0.4) is 0 Å². The van der Waals surface area contributed by atoms with Crippen LogP contribution < -0.4 is 4.90 Å². The molecular formula is C15H21ClN2O4. The number of hydrogen-bond acceptors (Lipinski definition) is 5. The van der Waals surface area contributed by atoms with Gasteiger partial charge in [-0.2, -0.15) is 0 Å². The zero-order valence-electron chi connectivity index (χ0n) is 13.2. The summed E-state index contributed by atoms with van der Waals surface area (Å²) in [6.07, 6.45) is 0.0431. The summed E-state index contributed by atoms with van der Waals surface area (Å²) in [6.45, 7) is 6.45. The third-order valence-corrected chi connectivity index (χ3v) is 3.93. The van der Waals surface area contributed by atoms with E-state index in [-0.39, 0.29) is 16.3 Å². The number of nitrogens with zero attached hydrogens (tertiary/aromatic N) is 2. The highest BCUT2D eigenvalue weighted by Crippen LogP contribution is 2.35. The number of aromatic nitrogens is 1. The number of aliphatic hydroxyl groups is 1. The van der Waals surface area contributed by atoms with E-state index >= 15 is 0 Å². The van der Waals surface area contributed by atoms with E-state index in [4.69, 9.17) is 20.9 Å². The predicted octanol–water partition coefficient (Wildman–Crippen LogP) is 2.56. The average Bonchev–Trinajstić information content (AvgIpc) is 2.98. The fraction of sp³-hybridized carbons (Fsp3) is 0.600. The molecule has 2 rings (SSSR count). The molecule has 0 radical (unpaired) electrons. The van der Waals surface area contributed by atoms with Crippen LogP contribution in [0, 0.1) is 0 Å². The molecule has 1 aromatic rings. The Kier molecular flexibility index (Phi) is 4.94. The number of ether oxygens (including phenoxy) is 1. The number of carbonyl (C=O) groups is 1. The Labute approximate surface area is 134 Å². The van der Waals surface area contributed by atoms with Crippen molar-refractivity contribution >= 4 is 23.3 Å². The lowest BCUT2D eigenvalue weighted by Gasteiger charge is -2.19. The zero-order chi connectivity index (χ0) is 16.5. The summed E-state index contributed by atoms with van der Waals surface area (Å²) in [5.41, 5.74) is 0.251. The van der Waals surface area contributed by atoms with E-state index in [1.807, 2.05) is 20.8 Å². The van der Waals surface area contributed by atoms with E-state index in [0.29, 0.717) is 30.8 Å². The zero-order valence-corrected chi connectivity index (χ0v) is 14.0. The van der Waals surface area contributed by atoms with Gasteiger partial charge in [0.15, 0.2) is 12.0 Å². The van der Waals surface area contributed by atoms with E-state index in [9.17, 15) is 9.90 Å². The van der Waals surface area contributed by atoms with Crippen molar-refractivity contribution in [3.05, 3.63) is 22.4 Å². The molecule has 0 saturated heterocycles. The quantitative estimate of drug-likeness (QED) is 0.841. The molecule has 22 heavy (non-hydrogen) atoms. The summed E-state index contributed by atoms with van der Waals surface area (Å²) < 4.78 is 10.2. The minimum Gasteiger partial charge on any atom is -0.385 e. The van der Waals surface area contributed by atoms with Gasteiger partial charge in [-0.15, -0.1) is 0 Å². The monoisotopic (exact) mass is 328 g/mol. The van der Waals surface area contributed by atoms with Gasteiger partial charge in [0.05, 0.1) is 0 Å². The van der Waals surface area contributed by atoms with Gasteiger partial charge in [0.25, 0.3) is 5.91 Å². The van der Waals surface area contributed by atoms with Crippen LogP contribution in [0.15, 0.2) is 21.2 Å². The van der Waals surface area contributed by atoms with Crippen LogP contribution in [0.1, 0.15) is 39.4 Å². The molecular weight excluding hydrogens is 308 g/mol. The maximum atomic E-state index is 12.3. The van der Waals surface area contributed by atoms with Gasteiger partial charge in [0.2, 0.25) is 0 Å². The fourth-order valence-corrected chi connectivity index (χ4v) is 2.51. The Morgan fingerprint density at radius 2 is 2.18 bits per heavy atom. The van der Waals surface area contributed by atoms with Crippen LogP contribution in [-0.4, -0.2) is 36.1 Å². The second-order valence-corrected chi connectivity index (χ2v) is 6.66. The molecule has 7 heteroatoms. The van der Waals surface area contributed by atoms with Gasteiger partial charge in [-0.05, 0) is 12.8 Å². The molecule has 1 N–H and O–H groups in total. The number of carbonyl (C=O) groups excluding carboxylic acids is 1. The first-order valence-electron chi connectivity index (χ1n) is 7.13. The molecule has 0 saturated carbocycles. The van der Waals surface area contributed by atoms with Gasteiger partial charge in [-0.1, -0.05) is 37.5 Å². The van der Waals surface area contributed by atoms with E-state index in [2.05, 4.69) is 5.16 Å². The summed E-state index contributed by atoms with van der Waals surface area (Å²) >= 11 is 6.07. The minimum atomic E-state index is -1.12. The maximum absolute atomic E-state index is 12.3. The molecule has 0 bridgehead atoms. The molecule has 1 aliphatic heterocycles. The number of anilines is 1. The number of rotatable bonds is 5. The second-order valence-electron chi connectivity index (χ2n) is 6.28. The summed E-state index contributed by atoms with van der Waals surface area (Å²) in [4.78, 5) is 13.4. The summed E-state index contributed by atoms with van der Waals surface area (Å²) in [7, 11) is 1.60. The summed E-state index contributed by atoms with van der Waals surface area (Å²) in [6, 6.07) is 1.66. The Hall–Kier alpha value is -1.37. The van der Waals surface area contributed by atoms with Crippen LogP contribution in [0.4, 0.5) is 5.82 Å². The standard InChI is InChI=1S/C15H21ClN2O4/c1-15(2,3)10-8-11(17-22-10)18-13(19)9(6-5-7-21-4)12(16)14(18)20/h8,13,19H,5-7H2,1-4H3. The Morgan fingerprint density at radius 1 is 1.50 bits per heavy atom. The van der Waals surface area contributed by atoms with Gasteiger partial charge in [-0.25, -0.2) is 0 Å². The van der Waals surface area contributed by atoms with Crippen LogP contribution in [0.2, 0.25) is 0 Å². The average molecular weight is 329 g/mol. The van der Waals surface area contributed by atoms with Crippen LogP contribution >= 0.6 is 11.6 Å². The van der Waals surface area contributed by atoms with Gasteiger partial charge < -0.3 is 14.4 Å². The second kappa shape index (κ2) is 6.40. The highest BCUT2D eigenvalue weighted by molar-refractivity contribution is 6.45. The molecule has 1 aromatic heterocycles. The van der Waals surface area contributed by atoms with Crippen LogP contribution in [0.25, 0.3) is 0 Å². The fourth-order valence-electron chi connectivity index (χ4n) is 2.23. The highest BCUT2D eigenvalue weighted by atomic mass is 35.5. The minimum absolute atomic E-state index is 0.0453. The molecule has 122 valence electrons. The predicted molar refractivity (Wildman–Crippen MR) is 82.7 cm³/mol. The van der Waals surface area contributed by atoms with Gasteiger partial charge in [0, 0.05) is 30.8 Å². The van der Waals surface area contributed by atoms with E-state index in [1.54, 1.807) is 13.2 Å². The number of methoxy groups -OCH3 is 1. The van der Waals surface area contributed by atoms with E-state index < -0.39 is 12.1 Å². The van der Waals surface area contributed by atoms with Gasteiger partial charge >= 0.3 is 0 Å². The summed E-state index contributed by atoms with van der Waals surface area (Å²) in [5.74, 6) is 0.434. The Balaban J connectivity index is 2.20. The first-order chi connectivity index (χ1) is 10.3. The Bertz CT molecular complexity index is 589. The molecule has 2 heterocycles. The molecule has 0 spiro atoms. The lowest BCUT2D eigenvalue weighted by atomic mass is 9.93. The third kappa shape index (κ3) is 3.19. The van der Waals surface area contributed by atoms with Crippen LogP contribution in [0.5, 0.6) is 0 Å². The van der Waals surface area contributed by atoms with Crippen molar-refractivity contribution in [2.75, 3.05) is 18.6 Å². The van der Waals surface area contributed by atoms with Gasteiger partial charge in [-0.3, -0.25) is 9.69 Å². The summed E-state index contributed by atoms with van der Waals surface area (Å²) in [5, 5.41) is 14.3. The normalized spacial score (nSPS) is 19.5. The molecule has 0 fully saturated rings. The van der Waals surface area contributed by atoms with Crippen molar-refractivity contribution in [1.82, 2.24) is 5.16 Å². The lowest BCUT2D eigenvalue weighted by Crippen LogP contribution is -2.35. The van der Waals surface area contributed by atoms with Crippen molar-refractivity contribution in [3.63, 3.8) is 0 Å². The molecule has 1 amide bonds. The largest absolute Gasteiger partial charge is 0.385 e. The first kappa shape index (κ1) is 17.0. The van der Waals surface area contributed by atoms with Crippen molar-refractivity contribution in [3.8, 4) is 0 Å². The first-order valence-corrected chi connectivity index (χ1v) is 7.51. The number of amides is 1. The van der Waals surface area contributed by atoms with E-state index in [0.717, 1.165) is 4.90 Å². The smallest absolute Gasteiger partial charge is 0.273 e. The Morgan fingerprint density at radius 3 is 2.73 bits per heavy atom. The number of hydrogen-bond donors (Lipinski definition) is 1. The molecule has 1 atom stereocenters. The topological polar surface area (TPSA) is 75.8 Å². The van der Waals surface area contributed by atoms with E-state index in [1.165, 1.54) is 0 Å². The molecule has 0 aromatic carbocycles. The van der Waals surface area contributed by atoms with Crippen molar-refractivity contribution in [2.24, 2.45) is 0 Å². The van der Waals surface area contributed by atoms with Gasteiger partial charge in [0.1, 0.15) is 10.8 Å². The van der Waals surface area contributed by atoms with Crippen LogP contribution in [-0.2, 0) is 14.9 Å². The number of aliphatic hydroxyl groups excluding tert-OH is 1. The third-order valence-electron chi connectivity index (χ3n) is 3.52. The van der Waals surface area contributed by atoms with Crippen molar-refractivity contribution in [1.29, 1.82) is 0 Å². The van der Waals surface area contributed by atoms with Crippen molar-refractivity contribution < 1.29 is 19.2 Å². The maximum Gasteiger partial charge on any atom is 0.273 e. The van der Waals surface area contributed by atoms with Crippen molar-refractivity contribution in [2.45, 2.75) is 45.3 Å². The molecule has 0 aliphatic carbocycles. The molecule has 1 aliphatic rings. The number of halogens is 1. The molecule has 6 nitrogen and oxygen atoms in total. The lowest BCUT2D eigenvalue weighted by molar-refractivity contribution is -0.115.